The molecule has 5 heteroatoms. The zero-order valence-electron chi connectivity index (χ0n) is 12.3. The minimum absolute atomic E-state index is 0.379. The molecule has 1 fully saturated rings. The molecular weight excluding hydrogens is 288 g/mol. The lowest BCUT2D eigenvalue weighted by Crippen LogP contribution is -2.43. The van der Waals surface area contributed by atoms with Gasteiger partial charge >= 0.3 is 0 Å². The van der Waals surface area contributed by atoms with E-state index < -0.39 is 0 Å². The van der Waals surface area contributed by atoms with Gasteiger partial charge < -0.3 is 10.5 Å². The van der Waals surface area contributed by atoms with Crippen LogP contribution in [0.4, 0.5) is 0 Å². The fraction of sp³-hybridized carbons (Fsp3) is 0.533. The fourth-order valence-corrected chi connectivity index (χ4v) is 3.82. The van der Waals surface area contributed by atoms with E-state index in [0.29, 0.717) is 16.3 Å². The summed E-state index contributed by atoms with van der Waals surface area (Å²) < 4.78 is 5.39. The van der Waals surface area contributed by atoms with Crippen molar-refractivity contribution in [2.24, 2.45) is 5.73 Å². The number of hydrogen-bond acceptors (Lipinski definition) is 4. The van der Waals surface area contributed by atoms with Crippen molar-refractivity contribution in [2.75, 3.05) is 19.4 Å². The number of nitrogens with two attached hydrogens (primary N) is 1. The SMILES string of the molecule is COc1cc(CN2CCSC(C)C2C)ccc1C(N)=S. The van der Waals surface area contributed by atoms with Crippen LogP contribution in [0.2, 0.25) is 0 Å². The molecule has 1 saturated heterocycles. The fourth-order valence-electron chi connectivity index (χ4n) is 2.49. The smallest absolute Gasteiger partial charge is 0.129 e. The second-order valence-corrected chi connectivity index (χ2v) is 7.11. The normalized spacial score (nSPS) is 23.6. The summed E-state index contributed by atoms with van der Waals surface area (Å²) in [5, 5.41) is 0.682. The molecule has 2 atom stereocenters. The molecule has 2 unspecified atom stereocenters. The van der Waals surface area contributed by atoms with E-state index in [1.54, 1.807) is 7.11 Å². The van der Waals surface area contributed by atoms with Gasteiger partial charge in [0.05, 0.1) is 12.7 Å². The van der Waals surface area contributed by atoms with E-state index in [1.807, 2.05) is 12.1 Å². The Morgan fingerprint density at radius 2 is 2.25 bits per heavy atom. The molecule has 0 amide bonds. The van der Waals surface area contributed by atoms with Crippen molar-refractivity contribution in [3.8, 4) is 5.75 Å². The third-order valence-electron chi connectivity index (χ3n) is 3.93. The quantitative estimate of drug-likeness (QED) is 0.866. The van der Waals surface area contributed by atoms with Gasteiger partial charge in [-0.1, -0.05) is 25.2 Å². The van der Waals surface area contributed by atoms with Gasteiger partial charge in [0.1, 0.15) is 10.7 Å². The lowest BCUT2D eigenvalue weighted by Gasteiger charge is -2.37. The topological polar surface area (TPSA) is 38.5 Å². The van der Waals surface area contributed by atoms with E-state index in [1.165, 1.54) is 11.3 Å². The van der Waals surface area contributed by atoms with Gasteiger partial charge in [-0.25, -0.2) is 0 Å². The van der Waals surface area contributed by atoms with Crippen LogP contribution in [0.5, 0.6) is 5.75 Å². The monoisotopic (exact) mass is 310 g/mol. The Balaban J connectivity index is 2.15. The number of benzene rings is 1. The predicted octanol–water partition coefficient (Wildman–Crippen LogP) is 2.66. The van der Waals surface area contributed by atoms with Crippen molar-refractivity contribution in [1.82, 2.24) is 4.90 Å². The molecule has 110 valence electrons. The summed E-state index contributed by atoms with van der Waals surface area (Å²) in [4.78, 5) is 2.90. The number of thiocarbonyl (C=S) groups is 1. The average Bonchev–Trinajstić information content (AvgIpc) is 2.43. The Labute approximate surface area is 130 Å². The Morgan fingerprint density at radius 3 is 2.90 bits per heavy atom. The van der Waals surface area contributed by atoms with Crippen LogP contribution in [-0.4, -0.2) is 40.6 Å². The summed E-state index contributed by atoms with van der Waals surface area (Å²) in [5.74, 6) is 1.97. The average molecular weight is 310 g/mol. The van der Waals surface area contributed by atoms with Crippen molar-refractivity contribution >= 4 is 29.0 Å². The van der Waals surface area contributed by atoms with Gasteiger partial charge in [0, 0.05) is 30.1 Å². The molecular formula is C15H22N2OS2. The van der Waals surface area contributed by atoms with Crippen LogP contribution in [0.25, 0.3) is 0 Å². The molecule has 3 nitrogen and oxygen atoms in total. The van der Waals surface area contributed by atoms with Crippen LogP contribution in [0.1, 0.15) is 25.0 Å². The minimum atomic E-state index is 0.379. The first-order valence-corrected chi connectivity index (χ1v) is 8.31. The van der Waals surface area contributed by atoms with Gasteiger partial charge in [-0.3, -0.25) is 4.90 Å². The first-order chi connectivity index (χ1) is 9.52. The van der Waals surface area contributed by atoms with Gasteiger partial charge in [-0.05, 0) is 24.6 Å². The van der Waals surface area contributed by atoms with Crippen LogP contribution in [-0.2, 0) is 6.54 Å². The molecule has 0 bridgehead atoms. The van der Waals surface area contributed by atoms with Crippen LogP contribution in [0, 0.1) is 0 Å². The first kappa shape index (κ1) is 15.6. The highest BCUT2D eigenvalue weighted by molar-refractivity contribution is 8.00. The Bertz CT molecular complexity index is 493. The summed E-state index contributed by atoms with van der Waals surface area (Å²) in [7, 11) is 1.66. The summed E-state index contributed by atoms with van der Waals surface area (Å²) in [5.41, 5.74) is 7.75. The maximum Gasteiger partial charge on any atom is 0.129 e. The number of nitrogens with zero attached hydrogens (tertiary/aromatic N) is 1. The maximum atomic E-state index is 5.70. The highest BCUT2D eigenvalue weighted by atomic mass is 32.2. The molecule has 0 radical (unpaired) electrons. The van der Waals surface area contributed by atoms with Gasteiger partial charge in [0.15, 0.2) is 0 Å². The first-order valence-electron chi connectivity index (χ1n) is 6.85. The van der Waals surface area contributed by atoms with Gasteiger partial charge in [0.2, 0.25) is 0 Å². The summed E-state index contributed by atoms with van der Waals surface area (Å²) in [6.07, 6.45) is 0. The van der Waals surface area contributed by atoms with Crippen molar-refractivity contribution in [2.45, 2.75) is 31.7 Å². The Morgan fingerprint density at radius 1 is 1.50 bits per heavy atom. The molecule has 1 aliphatic heterocycles. The summed E-state index contributed by atoms with van der Waals surface area (Å²) in [6.45, 7) is 6.69. The van der Waals surface area contributed by atoms with Gasteiger partial charge in [-0.2, -0.15) is 11.8 Å². The number of thioether (sulfide) groups is 1. The lowest BCUT2D eigenvalue weighted by molar-refractivity contribution is 0.204. The number of methoxy groups -OCH3 is 1. The zero-order chi connectivity index (χ0) is 14.7. The highest BCUT2D eigenvalue weighted by Crippen LogP contribution is 2.27. The second-order valence-electron chi connectivity index (χ2n) is 5.19. The largest absolute Gasteiger partial charge is 0.496 e. The van der Waals surface area contributed by atoms with E-state index in [2.05, 4.69) is 36.6 Å². The van der Waals surface area contributed by atoms with Crippen molar-refractivity contribution in [1.29, 1.82) is 0 Å². The third-order valence-corrected chi connectivity index (χ3v) is 5.49. The Hall–Kier alpha value is -0.780. The Kier molecular flexibility index (Phi) is 5.29. The molecule has 0 spiro atoms. The van der Waals surface area contributed by atoms with Crippen molar-refractivity contribution in [3.63, 3.8) is 0 Å². The van der Waals surface area contributed by atoms with Crippen LogP contribution in [0.3, 0.4) is 0 Å². The van der Waals surface area contributed by atoms with E-state index in [4.69, 9.17) is 22.7 Å². The van der Waals surface area contributed by atoms with E-state index in [-0.39, 0.29) is 0 Å². The van der Waals surface area contributed by atoms with E-state index in [9.17, 15) is 0 Å². The van der Waals surface area contributed by atoms with Crippen LogP contribution < -0.4 is 10.5 Å². The molecule has 20 heavy (non-hydrogen) atoms. The van der Waals surface area contributed by atoms with Gasteiger partial charge in [0.25, 0.3) is 0 Å². The molecule has 1 aliphatic rings. The number of hydrogen-bond donors (Lipinski definition) is 1. The predicted molar refractivity (Wildman–Crippen MR) is 90.7 cm³/mol. The molecule has 2 N–H and O–H groups in total. The van der Waals surface area contributed by atoms with Crippen molar-refractivity contribution < 1.29 is 4.74 Å². The van der Waals surface area contributed by atoms with E-state index >= 15 is 0 Å². The highest BCUT2D eigenvalue weighted by Gasteiger charge is 2.25. The number of ether oxygens (including phenoxy) is 1. The standard InChI is InChI=1S/C15H22N2OS2/c1-10-11(2)20-7-6-17(10)9-12-4-5-13(15(16)19)14(8-12)18-3/h4-5,8,10-11H,6-7,9H2,1-3H3,(H2,16,19). The molecule has 2 rings (SSSR count). The molecule has 0 aliphatic carbocycles. The molecule has 0 saturated carbocycles. The molecule has 1 aromatic rings. The maximum absolute atomic E-state index is 5.70. The number of rotatable bonds is 4. The van der Waals surface area contributed by atoms with Crippen LogP contribution >= 0.6 is 24.0 Å². The lowest BCUT2D eigenvalue weighted by atomic mass is 10.1. The zero-order valence-corrected chi connectivity index (χ0v) is 13.9. The second kappa shape index (κ2) is 6.78. The van der Waals surface area contributed by atoms with E-state index in [0.717, 1.165) is 24.4 Å². The molecule has 1 heterocycles. The van der Waals surface area contributed by atoms with Crippen LogP contribution in [0.15, 0.2) is 18.2 Å². The summed E-state index contributed by atoms with van der Waals surface area (Å²) >= 11 is 7.09. The molecule has 1 aromatic carbocycles. The minimum Gasteiger partial charge on any atom is -0.496 e. The van der Waals surface area contributed by atoms with Gasteiger partial charge in [-0.15, -0.1) is 0 Å². The molecule has 0 aromatic heterocycles. The van der Waals surface area contributed by atoms with Crippen molar-refractivity contribution in [3.05, 3.63) is 29.3 Å². The third kappa shape index (κ3) is 3.45. The summed E-state index contributed by atoms with van der Waals surface area (Å²) in [6, 6.07) is 6.70.